The van der Waals surface area contributed by atoms with Gasteiger partial charge in [-0.05, 0) is 99.7 Å². The van der Waals surface area contributed by atoms with Crippen molar-refractivity contribution in [2.45, 2.75) is 77.9 Å². The molecule has 5 heteroatoms. The van der Waals surface area contributed by atoms with Gasteiger partial charge in [0.2, 0.25) is 0 Å². The third-order valence-electron chi connectivity index (χ3n) is 6.19. The van der Waals surface area contributed by atoms with Gasteiger partial charge in [0.05, 0.1) is 11.1 Å². The number of fused-ring (bicyclic) bond motifs is 1. The molecule has 0 radical (unpaired) electrons. The van der Waals surface area contributed by atoms with E-state index in [4.69, 9.17) is 9.47 Å². The van der Waals surface area contributed by atoms with Crippen LogP contribution in [0.15, 0.2) is 54.7 Å². The van der Waals surface area contributed by atoms with Gasteiger partial charge in [-0.1, -0.05) is 38.1 Å². The van der Waals surface area contributed by atoms with E-state index in [1.165, 1.54) is 29.5 Å². The van der Waals surface area contributed by atoms with Crippen LogP contribution in [0.1, 0.15) is 72.3 Å². The third kappa shape index (κ3) is 6.53. The summed E-state index contributed by atoms with van der Waals surface area (Å²) in [5.74, 6) is 1.81. The number of rotatable bonds is 8. The summed E-state index contributed by atoms with van der Waals surface area (Å²) in [6.45, 7) is 12.3. The number of carbonyl (C=O) groups excluding carboxylic acids is 1. The maximum Gasteiger partial charge on any atom is 0.408 e. The lowest BCUT2D eigenvalue weighted by atomic mass is 9.91. The Morgan fingerprint density at radius 3 is 2.51 bits per heavy atom. The van der Waals surface area contributed by atoms with Crippen molar-refractivity contribution in [1.29, 1.82) is 0 Å². The first-order valence-corrected chi connectivity index (χ1v) is 12.6. The fourth-order valence-corrected chi connectivity index (χ4v) is 4.74. The Morgan fingerprint density at radius 1 is 1.09 bits per heavy atom. The highest BCUT2D eigenvalue weighted by atomic mass is 16.6. The molecule has 35 heavy (non-hydrogen) atoms. The monoisotopic (exact) mass is 474 g/mol. The molecule has 4 rings (SSSR count). The number of pyridine rings is 1. The van der Waals surface area contributed by atoms with E-state index in [1.54, 1.807) is 0 Å². The Labute approximate surface area is 209 Å². The molecule has 1 amide bonds. The number of alkyl carbamates (subject to hydrolysis) is 1. The summed E-state index contributed by atoms with van der Waals surface area (Å²) >= 11 is 0. The molecule has 186 valence electrons. The highest BCUT2D eigenvalue weighted by Crippen LogP contribution is 2.46. The third-order valence-corrected chi connectivity index (χ3v) is 6.19. The lowest BCUT2D eigenvalue weighted by Crippen LogP contribution is -2.52. The van der Waals surface area contributed by atoms with Crippen LogP contribution in [0.25, 0.3) is 22.0 Å². The minimum absolute atomic E-state index is 0.377. The zero-order valence-electron chi connectivity index (χ0n) is 21.9. The molecule has 1 fully saturated rings. The number of nitrogens with zero attached hydrogens (tertiary/aromatic N) is 1. The number of nitrogens with one attached hydrogen (secondary N) is 1. The first-order valence-electron chi connectivity index (χ1n) is 12.6. The van der Waals surface area contributed by atoms with Crippen molar-refractivity contribution in [2.75, 3.05) is 6.61 Å². The first-order chi connectivity index (χ1) is 16.5. The van der Waals surface area contributed by atoms with Crippen LogP contribution in [0.4, 0.5) is 4.79 Å². The average molecular weight is 475 g/mol. The van der Waals surface area contributed by atoms with Gasteiger partial charge in [-0.2, -0.15) is 0 Å². The van der Waals surface area contributed by atoms with Gasteiger partial charge in [0.1, 0.15) is 18.0 Å². The highest BCUT2D eigenvalue weighted by molar-refractivity contribution is 5.94. The van der Waals surface area contributed by atoms with E-state index in [-0.39, 0.29) is 0 Å². The molecule has 0 bridgehead atoms. The van der Waals surface area contributed by atoms with Gasteiger partial charge < -0.3 is 14.8 Å². The van der Waals surface area contributed by atoms with Crippen LogP contribution in [-0.2, 0) is 4.74 Å². The number of hydrogen-bond donors (Lipinski definition) is 1. The highest BCUT2D eigenvalue weighted by Gasteiger charge is 2.32. The Bertz CT molecular complexity index is 1190. The molecule has 0 spiro atoms. The summed E-state index contributed by atoms with van der Waals surface area (Å²) < 4.78 is 12.0. The van der Waals surface area contributed by atoms with Crippen LogP contribution in [-0.4, -0.2) is 28.8 Å². The summed E-state index contributed by atoms with van der Waals surface area (Å²) in [5.41, 5.74) is 3.51. The number of para-hydroxylation sites is 1. The van der Waals surface area contributed by atoms with Crippen molar-refractivity contribution < 1.29 is 14.3 Å². The van der Waals surface area contributed by atoms with Crippen LogP contribution in [0.5, 0.6) is 5.75 Å². The van der Waals surface area contributed by atoms with Crippen LogP contribution >= 0.6 is 0 Å². The predicted octanol–water partition coefficient (Wildman–Crippen LogP) is 7.49. The summed E-state index contributed by atoms with van der Waals surface area (Å²) in [4.78, 5) is 17.1. The lowest BCUT2D eigenvalue weighted by molar-refractivity contribution is 0.0407. The summed E-state index contributed by atoms with van der Waals surface area (Å²) in [5, 5.41) is 4.23. The zero-order chi connectivity index (χ0) is 25.2. The fraction of sp³-hybridized carbons (Fsp3) is 0.467. The van der Waals surface area contributed by atoms with E-state index in [2.05, 4.69) is 60.5 Å². The van der Waals surface area contributed by atoms with E-state index >= 15 is 0 Å². The van der Waals surface area contributed by atoms with Crippen molar-refractivity contribution in [3.8, 4) is 16.9 Å². The zero-order valence-corrected chi connectivity index (χ0v) is 21.9. The molecule has 2 aromatic carbocycles. The minimum Gasteiger partial charge on any atom is -0.491 e. The second-order valence-corrected chi connectivity index (χ2v) is 11.5. The molecule has 1 saturated carbocycles. The fourth-order valence-electron chi connectivity index (χ4n) is 4.74. The average Bonchev–Trinajstić information content (AvgIpc) is 3.61. The standard InChI is InChI=1S/C30H38N2O3/c1-20(2)18-30(6,32-28(33)35-29(3,4)5)19-34-27-14-13-22(17-25(27)21-11-12-21)23-15-16-31-26-10-8-7-9-24(23)26/h7-10,13-17,20-21H,11-12,18-19H2,1-6H3,(H,32,33)/t30-/m0/s1. The predicted molar refractivity (Wildman–Crippen MR) is 142 cm³/mol. The van der Waals surface area contributed by atoms with Crippen molar-refractivity contribution >= 4 is 17.0 Å². The van der Waals surface area contributed by atoms with Gasteiger partial charge in [0.15, 0.2) is 0 Å². The number of aromatic nitrogens is 1. The number of amides is 1. The molecular weight excluding hydrogens is 436 g/mol. The van der Waals surface area contributed by atoms with Gasteiger partial charge in [-0.25, -0.2) is 4.79 Å². The smallest absolute Gasteiger partial charge is 0.408 e. The summed E-state index contributed by atoms with van der Waals surface area (Å²) in [6, 6.07) is 16.8. The molecule has 3 aromatic rings. The van der Waals surface area contributed by atoms with Crippen molar-refractivity contribution in [1.82, 2.24) is 10.3 Å². The van der Waals surface area contributed by atoms with Crippen LogP contribution in [0.2, 0.25) is 0 Å². The van der Waals surface area contributed by atoms with Gasteiger partial charge in [0, 0.05) is 11.6 Å². The van der Waals surface area contributed by atoms with Gasteiger partial charge in [0.25, 0.3) is 0 Å². The molecule has 5 nitrogen and oxygen atoms in total. The van der Waals surface area contributed by atoms with Crippen LogP contribution < -0.4 is 10.1 Å². The molecule has 0 saturated heterocycles. The van der Waals surface area contributed by atoms with Gasteiger partial charge >= 0.3 is 6.09 Å². The number of ether oxygens (including phenoxy) is 2. The van der Waals surface area contributed by atoms with Gasteiger partial charge in [-0.3, -0.25) is 4.98 Å². The molecule has 0 aliphatic heterocycles. The largest absolute Gasteiger partial charge is 0.491 e. The lowest BCUT2D eigenvalue weighted by Gasteiger charge is -2.33. The Balaban J connectivity index is 1.58. The van der Waals surface area contributed by atoms with Crippen molar-refractivity contribution in [3.63, 3.8) is 0 Å². The Hall–Kier alpha value is -3.08. The Kier molecular flexibility index (Phi) is 7.07. The van der Waals surface area contributed by atoms with E-state index < -0.39 is 17.2 Å². The molecule has 1 aliphatic carbocycles. The summed E-state index contributed by atoms with van der Waals surface area (Å²) in [7, 11) is 0. The van der Waals surface area contributed by atoms with Gasteiger partial charge in [-0.15, -0.1) is 0 Å². The van der Waals surface area contributed by atoms with E-state index in [0.29, 0.717) is 18.4 Å². The molecule has 1 atom stereocenters. The minimum atomic E-state index is -0.546. The van der Waals surface area contributed by atoms with Crippen molar-refractivity contribution in [3.05, 3.63) is 60.3 Å². The molecule has 1 aliphatic rings. The van der Waals surface area contributed by atoms with E-state index in [1.807, 2.05) is 46.0 Å². The second-order valence-electron chi connectivity index (χ2n) is 11.5. The molecule has 0 unspecified atom stereocenters. The quantitative estimate of drug-likeness (QED) is 0.367. The van der Waals surface area contributed by atoms with Crippen LogP contribution in [0.3, 0.4) is 0 Å². The Morgan fingerprint density at radius 2 is 1.83 bits per heavy atom. The second kappa shape index (κ2) is 9.88. The molecule has 1 heterocycles. The van der Waals surface area contributed by atoms with Crippen molar-refractivity contribution in [2.24, 2.45) is 5.92 Å². The first kappa shape index (κ1) is 25.0. The number of hydrogen-bond acceptors (Lipinski definition) is 4. The maximum absolute atomic E-state index is 12.6. The molecular formula is C30H38N2O3. The van der Waals surface area contributed by atoms with E-state index in [0.717, 1.165) is 23.1 Å². The topological polar surface area (TPSA) is 60.5 Å². The summed E-state index contributed by atoms with van der Waals surface area (Å²) in [6.07, 6.45) is 4.60. The maximum atomic E-state index is 12.6. The SMILES string of the molecule is CC(C)C[C@@](C)(COc1ccc(-c2ccnc3ccccc23)cc1C1CC1)NC(=O)OC(C)(C)C. The molecule has 1 aromatic heterocycles. The van der Waals surface area contributed by atoms with Crippen LogP contribution in [0, 0.1) is 5.92 Å². The number of benzene rings is 2. The van der Waals surface area contributed by atoms with E-state index in [9.17, 15) is 4.79 Å². The number of carbonyl (C=O) groups is 1. The normalized spacial score (nSPS) is 15.6. The molecule has 1 N–H and O–H groups in total.